The minimum atomic E-state index is -0.232. The molecule has 17 heavy (non-hydrogen) atoms. The number of nitrogens with one attached hydrogen (secondary N) is 1. The number of rotatable bonds is 6. The van der Waals surface area contributed by atoms with Crippen molar-refractivity contribution in [3.63, 3.8) is 0 Å². The average molecular weight is 301 g/mol. The van der Waals surface area contributed by atoms with Crippen molar-refractivity contribution in [2.45, 2.75) is 31.5 Å². The summed E-state index contributed by atoms with van der Waals surface area (Å²) in [6.45, 7) is 4.57. The smallest absolute Gasteiger partial charge is 0.239 e. The molecule has 94 valence electrons. The summed E-state index contributed by atoms with van der Waals surface area (Å²) in [5, 5.41) is 2.68. The lowest BCUT2D eigenvalue weighted by atomic mass is 10.3. The summed E-state index contributed by atoms with van der Waals surface area (Å²) in [6, 6.07) is 3.53. The molecule has 1 N–H and O–H groups in total. The number of carbonyl (C=O) groups is 1. The Hall–Kier alpha value is -1.10. The van der Waals surface area contributed by atoms with E-state index in [0.717, 1.165) is 18.6 Å². The largest absolute Gasteiger partial charge is 0.492 e. The van der Waals surface area contributed by atoms with Crippen LogP contribution in [-0.4, -0.2) is 22.3 Å². The van der Waals surface area contributed by atoms with E-state index in [1.165, 1.54) is 0 Å². The van der Waals surface area contributed by atoms with Crippen molar-refractivity contribution in [3.05, 3.63) is 18.3 Å². The van der Waals surface area contributed by atoms with E-state index < -0.39 is 0 Å². The summed E-state index contributed by atoms with van der Waals surface area (Å²) < 4.78 is 5.47. The highest BCUT2D eigenvalue weighted by Crippen LogP contribution is 2.13. The number of hydrogen-bond donors (Lipinski definition) is 1. The zero-order valence-corrected chi connectivity index (χ0v) is 11.7. The lowest BCUT2D eigenvalue weighted by molar-refractivity contribution is -0.115. The number of amides is 1. The standard InChI is InChI=1S/C12H17BrN2O2/c1-3-4-7-17-10-5-6-11(14-8-10)15-12(16)9(2)13/h5-6,8-9H,3-4,7H2,1-2H3,(H,14,15,16)/t9-/m1/s1. The number of anilines is 1. The molecule has 0 bridgehead atoms. The highest BCUT2D eigenvalue weighted by molar-refractivity contribution is 9.10. The van der Waals surface area contributed by atoms with Crippen LogP contribution in [0, 0.1) is 0 Å². The minimum absolute atomic E-state index is 0.114. The second-order valence-electron chi connectivity index (χ2n) is 3.69. The molecule has 0 fully saturated rings. The molecule has 5 heteroatoms. The molecule has 0 spiro atoms. The van der Waals surface area contributed by atoms with E-state index >= 15 is 0 Å². The van der Waals surface area contributed by atoms with Crippen LogP contribution in [0.4, 0.5) is 5.82 Å². The fourth-order valence-corrected chi connectivity index (χ4v) is 1.21. The van der Waals surface area contributed by atoms with Crippen molar-refractivity contribution >= 4 is 27.7 Å². The van der Waals surface area contributed by atoms with Crippen molar-refractivity contribution in [1.82, 2.24) is 4.98 Å². The Bertz CT molecular complexity index is 352. The van der Waals surface area contributed by atoms with Crippen LogP contribution < -0.4 is 10.1 Å². The summed E-state index contributed by atoms with van der Waals surface area (Å²) in [5.41, 5.74) is 0. The van der Waals surface area contributed by atoms with Gasteiger partial charge in [-0.15, -0.1) is 0 Å². The van der Waals surface area contributed by atoms with Crippen LogP contribution in [0.1, 0.15) is 26.7 Å². The quantitative estimate of drug-likeness (QED) is 0.649. The monoisotopic (exact) mass is 300 g/mol. The van der Waals surface area contributed by atoms with E-state index in [-0.39, 0.29) is 10.7 Å². The van der Waals surface area contributed by atoms with Crippen molar-refractivity contribution in [2.24, 2.45) is 0 Å². The number of carbonyl (C=O) groups excluding carboxylic acids is 1. The topological polar surface area (TPSA) is 51.2 Å². The Morgan fingerprint density at radius 2 is 2.35 bits per heavy atom. The first kappa shape index (κ1) is 14.0. The zero-order chi connectivity index (χ0) is 12.7. The Morgan fingerprint density at radius 3 is 2.88 bits per heavy atom. The van der Waals surface area contributed by atoms with Crippen molar-refractivity contribution in [2.75, 3.05) is 11.9 Å². The summed E-state index contributed by atoms with van der Waals surface area (Å²) >= 11 is 3.19. The number of halogens is 1. The lowest BCUT2D eigenvalue weighted by Gasteiger charge is -2.07. The van der Waals surface area contributed by atoms with Gasteiger partial charge in [0.05, 0.1) is 17.6 Å². The molecular weight excluding hydrogens is 284 g/mol. The van der Waals surface area contributed by atoms with E-state index in [4.69, 9.17) is 4.74 Å². The van der Waals surface area contributed by atoms with Crippen molar-refractivity contribution in [3.8, 4) is 5.75 Å². The minimum Gasteiger partial charge on any atom is -0.492 e. The first-order valence-corrected chi connectivity index (χ1v) is 6.59. The summed E-state index contributed by atoms with van der Waals surface area (Å²) in [7, 11) is 0. The third-order valence-electron chi connectivity index (χ3n) is 2.12. The average Bonchev–Trinajstić information content (AvgIpc) is 2.31. The maximum atomic E-state index is 11.4. The molecule has 1 aromatic rings. The number of nitrogens with zero attached hydrogens (tertiary/aromatic N) is 1. The molecule has 0 saturated carbocycles. The van der Waals surface area contributed by atoms with Gasteiger partial charge in [0.1, 0.15) is 11.6 Å². The van der Waals surface area contributed by atoms with Crippen LogP contribution >= 0.6 is 15.9 Å². The second kappa shape index (κ2) is 7.27. The van der Waals surface area contributed by atoms with Gasteiger partial charge < -0.3 is 10.1 Å². The molecule has 1 aromatic heterocycles. The van der Waals surface area contributed by atoms with Gasteiger partial charge in [-0.3, -0.25) is 4.79 Å². The number of alkyl halides is 1. The van der Waals surface area contributed by atoms with Gasteiger partial charge >= 0.3 is 0 Å². The first-order chi connectivity index (χ1) is 8.13. The molecule has 0 aliphatic carbocycles. The summed E-state index contributed by atoms with van der Waals surface area (Å²) in [4.78, 5) is 15.2. The molecule has 1 heterocycles. The van der Waals surface area contributed by atoms with Gasteiger partial charge in [-0.05, 0) is 25.5 Å². The van der Waals surface area contributed by atoms with E-state index in [9.17, 15) is 4.79 Å². The Labute approximate surface area is 110 Å². The van der Waals surface area contributed by atoms with E-state index in [1.807, 2.05) is 0 Å². The molecule has 0 aliphatic heterocycles. The number of unbranched alkanes of at least 4 members (excludes halogenated alkanes) is 1. The summed E-state index contributed by atoms with van der Waals surface area (Å²) in [6.07, 6.45) is 3.74. The van der Waals surface area contributed by atoms with E-state index in [1.54, 1.807) is 25.3 Å². The van der Waals surface area contributed by atoms with Crippen LogP contribution in [0.2, 0.25) is 0 Å². The van der Waals surface area contributed by atoms with Crippen LogP contribution in [-0.2, 0) is 4.79 Å². The number of aromatic nitrogens is 1. The normalized spacial score (nSPS) is 11.9. The van der Waals surface area contributed by atoms with Crippen LogP contribution in [0.25, 0.3) is 0 Å². The van der Waals surface area contributed by atoms with E-state index in [2.05, 4.69) is 33.2 Å². The molecule has 0 radical (unpaired) electrons. The third kappa shape index (κ3) is 5.17. The van der Waals surface area contributed by atoms with Crippen LogP contribution in [0.15, 0.2) is 18.3 Å². The number of hydrogen-bond acceptors (Lipinski definition) is 3. The first-order valence-electron chi connectivity index (χ1n) is 5.67. The number of ether oxygens (including phenoxy) is 1. The Kier molecular flexibility index (Phi) is 5.97. The fraction of sp³-hybridized carbons (Fsp3) is 0.500. The SMILES string of the molecule is CCCCOc1ccc(NC(=O)[C@@H](C)Br)nc1. The van der Waals surface area contributed by atoms with Gasteiger partial charge in [0.2, 0.25) is 5.91 Å². The van der Waals surface area contributed by atoms with Gasteiger partial charge in [0, 0.05) is 0 Å². The van der Waals surface area contributed by atoms with Gasteiger partial charge in [0.15, 0.2) is 0 Å². The van der Waals surface area contributed by atoms with Gasteiger partial charge in [-0.2, -0.15) is 0 Å². The molecule has 0 aromatic carbocycles. The fourth-order valence-electron chi connectivity index (χ4n) is 1.10. The second-order valence-corrected chi connectivity index (χ2v) is 5.06. The third-order valence-corrected chi connectivity index (χ3v) is 2.53. The van der Waals surface area contributed by atoms with Crippen LogP contribution in [0.3, 0.4) is 0 Å². The van der Waals surface area contributed by atoms with Gasteiger partial charge in [-0.1, -0.05) is 29.3 Å². The molecule has 1 amide bonds. The molecule has 0 saturated heterocycles. The highest BCUT2D eigenvalue weighted by atomic mass is 79.9. The maximum Gasteiger partial charge on any atom is 0.239 e. The van der Waals surface area contributed by atoms with Crippen molar-refractivity contribution < 1.29 is 9.53 Å². The molecule has 0 aliphatic rings. The highest BCUT2D eigenvalue weighted by Gasteiger charge is 2.09. The van der Waals surface area contributed by atoms with Crippen LogP contribution in [0.5, 0.6) is 5.75 Å². The number of pyridine rings is 1. The zero-order valence-electron chi connectivity index (χ0n) is 10.1. The Balaban J connectivity index is 2.47. The molecular formula is C12H17BrN2O2. The van der Waals surface area contributed by atoms with Gasteiger partial charge in [-0.25, -0.2) is 4.98 Å². The predicted octanol–water partition coefficient (Wildman–Crippen LogP) is 2.98. The molecule has 1 atom stereocenters. The van der Waals surface area contributed by atoms with E-state index in [0.29, 0.717) is 12.4 Å². The molecule has 1 rings (SSSR count). The molecule has 0 unspecified atom stereocenters. The Morgan fingerprint density at radius 1 is 1.59 bits per heavy atom. The van der Waals surface area contributed by atoms with Crippen molar-refractivity contribution in [1.29, 1.82) is 0 Å². The predicted molar refractivity (Wildman–Crippen MR) is 71.7 cm³/mol. The summed E-state index contributed by atoms with van der Waals surface area (Å²) in [5.74, 6) is 1.14. The van der Waals surface area contributed by atoms with Gasteiger partial charge in [0.25, 0.3) is 0 Å². The lowest BCUT2D eigenvalue weighted by Crippen LogP contribution is -2.20. The maximum absolute atomic E-state index is 11.4. The molecule has 4 nitrogen and oxygen atoms in total.